The molecule has 0 fully saturated rings. The Morgan fingerprint density at radius 2 is 1.87 bits per heavy atom. The Hall–Kier alpha value is -3.00. The lowest BCUT2D eigenvalue weighted by molar-refractivity contribution is -0.120. The van der Waals surface area contributed by atoms with E-state index in [1.807, 2.05) is 67.9 Å². The fourth-order valence-electron chi connectivity index (χ4n) is 2.99. The Bertz CT molecular complexity index is 1000. The summed E-state index contributed by atoms with van der Waals surface area (Å²) in [6.45, 7) is 4.33. The molecular formula is C23H29N3O4S. The van der Waals surface area contributed by atoms with Crippen molar-refractivity contribution in [1.82, 2.24) is 14.9 Å². The van der Waals surface area contributed by atoms with Crippen LogP contribution in [0.3, 0.4) is 0 Å². The first-order valence-corrected chi connectivity index (χ1v) is 11.0. The number of methoxy groups -OCH3 is 1. The number of thioether (sulfide) groups is 1. The molecule has 0 saturated heterocycles. The Labute approximate surface area is 187 Å². The standard InChI is InChI=1S/C21H23N3O4S.C2H6/c1-22-21(26)19(29-13-25)10-14-4-6-15(7-5-14)28-12-20-23-17-9-8-16(27-3)11-18(17)24(20)2;1-2/h4-9,11,13,19H,10,12H2,1-3H3,(H,22,26);1-2H3. The Morgan fingerprint density at radius 1 is 1.19 bits per heavy atom. The van der Waals surface area contributed by atoms with E-state index >= 15 is 0 Å². The summed E-state index contributed by atoms with van der Waals surface area (Å²) in [4.78, 5) is 27.2. The highest BCUT2D eigenvalue weighted by Crippen LogP contribution is 2.23. The Kier molecular flexibility index (Phi) is 9.40. The first-order chi connectivity index (χ1) is 15.0. The lowest BCUT2D eigenvalue weighted by Crippen LogP contribution is -2.31. The molecule has 0 aliphatic rings. The molecule has 2 aromatic carbocycles. The van der Waals surface area contributed by atoms with Crippen molar-refractivity contribution in [3.8, 4) is 11.5 Å². The van der Waals surface area contributed by atoms with Gasteiger partial charge in [-0.15, -0.1) is 0 Å². The number of aromatic nitrogens is 2. The summed E-state index contributed by atoms with van der Waals surface area (Å²) < 4.78 is 13.1. The average Bonchev–Trinajstić information content (AvgIpc) is 3.13. The zero-order valence-electron chi connectivity index (χ0n) is 18.5. The van der Waals surface area contributed by atoms with Crippen LogP contribution in [0.25, 0.3) is 11.0 Å². The monoisotopic (exact) mass is 443 g/mol. The summed E-state index contributed by atoms with van der Waals surface area (Å²) in [6.07, 6.45) is 0.468. The molecule has 3 aromatic rings. The number of aryl methyl sites for hydroxylation is 1. The van der Waals surface area contributed by atoms with E-state index in [1.165, 1.54) is 0 Å². The number of hydrogen-bond acceptors (Lipinski definition) is 6. The van der Waals surface area contributed by atoms with Crippen LogP contribution in [0, 0.1) is 0 Å². The number of rotatable bonds is 9. The summed E-state index contributed by atoms with van der Waals surface area (Å²) in [6, 6.07) is 13.3. The van der Waals surface area contributed by atoms with E-state index in [0.29, 0.717) is 24.4 Å². The molecule has 0 bridgehead atoms. The lowest BCUT2D eigenvalue weighted by atomic mass is 10.1. The van der Waals surface area contributed by atoms with E-state index < -0.39 is 5.25 Å². The predicted octanol–water partition coefficient (Wildman–Crippen LogP) is 3.77. The molecule has 7 nitrogen and oxygen atoms in total. The normalized spacial score (nSPS) is 11.3. The van der Waals surface area contributed by atoms with E-state index in [4.69, 9.17) is 9.47 Å². The second-order valence-corrected chi connectivity index (χ2v) is 7.45. The van der Waals surface area contributed by atoms with Crippen LogP contribution in [0.4, 0.5) is 0 Å². The molecule has 8 heteroatoms. The van der Waals surface area contributed by atoms with Gasteiger partial charge in [-0.05, 0) is 36.2 Å². The predicted molar refractivity (Wildman–Crippen MR) is 125 cm³/mol. The molecule has 1 atom stereocenters. The second kappa shape index (κ2) is 12.0. The summed E-state index contributed by atoms with van der Waals surface area (Å²) in [5.74, 6) is 2.13. The van der Waals surface area contributed by atoms with Crippen molar-refractivity contribution in [2.45, 2.75) is 32.1 Å². The van der Waals surface area contributed by atoms with Crippen LogP contribution < -0.4 is 14.8 Å². The highest BCUT2D eigenvalue weighted by molar-refractivity contribution is 8.13. The fourth-order valence-corrected chi connectivity index (χ4v) is 3.65. The first kappa shape index (κ1) is 24.3. The Balaban J connectivity index is 0.00000166. The fraction of sp³-hybridized carbons (Fsp3) is 0.348. The number of carbonyl (C=O) groups excluding carboxylic acids is 2. The van der Waals surface area contributed by atoms with E-state index in [2.05, 4.69) is 10.3 Å². The Morgan fingerprint density at radius 3 is 2.48 bits per heavy atom. The van der Waals surface area contributed by atoms with Gasteiger partial charge in [0, 0.05) is 20.2 Å². The minimum Gasteiger partial charge on any atom is -0.497 e. The second-order valence-electron chi connectivity index (χ2n) is 6.41. The molecule has 1 N–H and O–H groups in total. The van der Waals surface area contributed by atoms with Crippen LogP contribution in [0.2, 0.25) is 0 Å². The van der Waals surface area contributed by atoms with Gasteiger partial charge < -0.3 is 19.4 Å². The van der Waals surface area contributed by atoms with E-state index in [1.54, 1.807) is 14.2 Å². The number of nitrogens with zero attached hydrogens (tertiary/aromatic N) is 2. The molecule has 0 saturated carbocycles. The van der Waals surface area contributed by atoms with Crippen molar-refractivity contribution in [2.24, 2.45) is 7.05 Å². The van der Waals surface area contributed by atoms with Gasteiger partial charge in [-0.25, -0.2) is 4.98 Å². The zero-order chi connectivity index (χ0) is 22.8. The van der Waals surface area contributed by atoms with Crippen LogP contribution in [0.1, 0.15) is 25.2 Å². The molecular weight excluding hydrogens is 414 g/mol. The molecule has 3 rings (SSSR count). The summed E-state index contributed by atoms with van der Waals surface area (Å²) >= 11 is 0.978. The van der Waals surface area contributed by atoms with Crippen molar-refractivity contribution in [3.63, 3.8) is 0 Å². The molecule has 1 unspecified atom stereocenters. The van der Waals surface area contributed by atoms with Crippen molar-refractivity contribution >= 4 is 34.3 Å². The lowest BCUT2D eigenvalue weighted by Gasteiger charge is -2.12. The molecule has 1 heterocycles. The quantitative estimate of drug-likeness (QED) is 0.507. The SMILES string of the molecule is CC.CNC(=O)C(Cc1ccc(OCc2nc3ccc(OC)cc3n2C)cc1)SC=O. The van der Waals surface area contributed by atoms with Gasteiger partial charge in [-0.1, -0.05) is 37.7 Å². The van der Waals surface area contributed by atoms with Gasteiger partial charge >= 0.3 is 0 Å². The van der Waals surface area contributed by atoms with Gasteiger partial charge in [0.2, 0.25) is 5.91 Å². The highest BCUT2D eigenvalue weighted by atomic mass is 32.2. The molecule has 166 valence electrons. The highest BCUT2D eigenvalue weighted by Gasteiger charge is 2.18. The minimum atomic E-state index is -0.443. The summed E-state index contributed by atoms with van der Waals surface area (Å²) in [7, 11) is 5.15. The van der Waals surface area contributed by atoms with E-state index in [0.717, 1.165) is 39.9 Å². The van der Waals surface area contributed by atoms with Gasteiger partial charge in [-0.2, -0.15) is 0 Å². The molecule has 1 amide bonds. The van der Waals surface area contributed by atoms with Crippen molar-refractivity contribution in [2.75, 3.05) is 14.2 Å². The molecule has 0 spiro atoms. The number of imidazole rings is 1. The number of carbonyl (C=O) groups is 2. The third-order valence-electron chi connectivity index (χ3n) is 4.65. The molecule has 0 aliphatic heterocycles. The number of hydrogen-bond donors (Lipinski definition) is 1. The number of fused-ring (bicyclic) bond motifs is 1. The minimum absolute atomic E-state index is 0.166. The molecule has 31 heavy (non-hydrogen) atoms. The molecule has 1 aromatic heterocycles. The third kappa shape index (κ3) is 6.24. The maximum absolute atomic E-state index is 11.8. The number of amides is 1. The zero-order valence-corrected chi connectivity index (χ0v) is 19.4. The van der Waals surface area contributed by atoms with Crippen LogP contribution in [0.15, 0.2) is 42.5 Å². The van der Waals surface area contributed by atoms with Gasteiger partial charge in [0.1, 0.15) is 23.9 Å². The van der Waals surface area contributed by atoms with Crippen molar-refractivity contribution in [3.05, 3.63) is 53.9 Å². The maximum Gasteiger partial charge on any atom is 0.233 e. The summed E-state index contributed by atoms with van der Waals surface area (Å²) in [5.41, 5.74) is 3.51. The van der Waals surface area contributed by atoms with Crippen LogP contribution in [-0.4, -0.2) is 40.5 Å². The van der Waals surface area contributed by atoms with Gasteiger partial charge in [0.15, 0.2) is 5.62 Å². The van der Waals surface area contributed by atoms with Crippen molar-refractivity contribution < 1.29 is 19.1 Å². The number of nitrogens with one attached hydrogen (secondary N) is 1. The largest absolute Gasteiger partial charge is 0.497 e. The van der Waals surface area contributed by atoms with Gasteiger partial charge in [0.05, 0.1) is 23.4 Å². The topological polar surface area (TPSA) is 82.4 Å². The van der Waals surface area contributed by atoms with Crippen LogP contribution in [0.5, 0.6) is 11.5 Å². The average molecular weight is 444 g/mol. The number of ether oxygens (including phenoxy) is 2. The van der Waals surface area contributed by atoms with Crippen LogP contribution in [-0.2, 0) is 29.7 Å². The third-order valence-corrected chi connectivity index (χ3v) is 5.47. The molecule has 0 aliphatic carbocycles. The van der Waals surface area contributed by atoms with E-state index in [-0.39, 0.29) is 5.91 Å². The summed E-state index contributed by atoms with van der Waals surface area (Å²) in [5, 5.41) is 2.14. The van der Waals surface area contributed by atoms with Crippen molar-refractivity contribution in [1.29, 1.82) is 0 Å². The van der Waals surface area contributed by atoms with Gasteiger partial charge in [-0.3, -0.25) is 9.59 Å². The molecule has 0 radical (unpaired) electrons. The van der Waals surface area contributed by atoms with Gasteiger partial charge in [0.25, 0.3) is 0 Å². The number of benzene rings is 2. The maximum atomic E-state index is 11.8. The first-order valence-electron chi connectivity index (χ1n) is 10.1. The van der Waals surface area contributed by atoms with E-state index in [9.17, 15) is 9.59 Å². The smallest absolute Gasteiger partial charge is 0.233 e. The van der Waals surface area contributed by atoms with Crippen LogP contribution >= 0.6 is 11.8 Å².